The fourth-order valence-corrected chi connectivity index (χ4v) is 4.78. The topological polar surface area (TPSA) is 117 Å². The van der Waals surface area contributed by atoms with Gasteiger partial charge in [-0.2, -0.15) is 0 Å². The largest absolute Gasteiger partial charge is 0.444 e. The summed E-state index contributed by atoms with van der Waals surface area (Å²) in [6.07, 6.45) is 2.33. The molecule has 9 nitrogen and oxygen atoms in total. The smallest absolute Gasteiger partial charge is 0.407 e. The summed E-state index contributed by atoms with van der Waals surface area (Å²) in [5.74, 6) is 6.82. The van der Waals surface area contributed by atoms with Crippen LogP contribution in [0.3, 0.4) is 0 Å². The van der Waals surface area contributed by atoms with Crippen molar-refractivity contribution in [2.24, 2.45) is 5.84 Å². The lowest BCUT2D eigenvalue weighted by molar-refractivity contribution is 0.0527. The van der Waals surface area contributed by atoms with Crippen LogP contribution in [0.25, 0.3) is 11.0 Å². The van der Waals surface area contributed by atoms with Crippen LogP contribution in [0.4, 0.5) is 22.1 Å². The summed E-state index contributed by atoms with van der Waals surface area (Å²) in [5.41, 5.74) is 6.32. The number of alkyl carbamates (subject to hydrolysis) is 1. The Hall–Kier alpha value is -3.11. The van der Waals surface area contributed by atoms with Crippen LogP contribution in [-0.4, -0.2) is 41.3 Å². The number of aromatic nitrogens is 2. The molecule has 0 unspecified atom stereocenters. The van der Waals surface area contributed by atoms with E-state index in [-0.39, 0.29) is 0 Å². The average Bonchev–Trinajstić information content (AvgIpc) is 3.27. The van der Waals surface area contributed by atoms with Gasteiger partial charge in [0.05, 0.1) is 11.0 Å². The molecule has 0 atom stereocenters. The molecule has 10 heteroatoms. The molecule has 0 fully saturated rings. The van der Waals surface area contributed by atoms with Gasteiger partial charge in [-0.15, -0.1) is 11.3 Å². The molecule has 0 radical (unpaired) electrons. The quantitative estimate of drug-likeness (QED) is 0.213. The minimum absolute atomic E-state index is 0.393. The predicted molar refractivity (Wildman–Crippen MR) is 138 cm³/mol. The first kappa shape index (κ1) is 24.0. The molecule has 0 aliphatic carbocycles. The van der Waals surface area contributed by atoms with Crippen molar-refractivity contribution < 1.29 is 9.53 Å². The van der Waals surface area contributed by atoms with Gasteiger partial charge in [0.1, 0.15) is 5.60 Å². The van der Waals surface area contributed by atoms with Gasteiger partial charge < -0.3 is 25.7 Å². The van der Waals surface area contributed by atoms with Gasteiger partial charge in [0.15, 0.2) is 11.6 Å². The molecule has 4 rings (SSSR count). The maximum absolute atomic E-state index is 11.7. The number of unbranched alkanes of at least 4 members (excludes halogenated alkanes) is 1. The van der Waals surface area contributed by atoms with Gasteiger partial charge in [0.25, 0.3) is 0 Å². The molecule has 1 aliphatic rings. The molecule has 5 N–H and O–H groups in total. The fourth-order valence-electron chi connectivity index (χ4n) is 3.89. The predicted octanol–water partition coefficient (Wildman–Crippen LogP) is 4.26. The van der Waals surface area contributed by atoms with E-state index in [1.807, 2.05) is 38.2 Å². The van der Waals surface area contributed by atoms with E-state index in [2.05, 4.69) is 49.5 Å². The number of hydrogen-bond acceptors (Lipinski definition) is 9. The molecule has 182 valence electrons. The first-order valence-electron chi connectivity index (χ1n) is 11.6. The van der Waals surface area contributed by atoms with Gasteiger partial charge in [0.2, 0.25) is 0 Å². The number of nitrogen functional groups attached to an aromatic ring is 1. The van der Waals surface area contributed by atoms with Crippen molar-refractivity contribution >= 4 is 45.8 Å². The lowest BCUT2D eigenvalue weighted by Gasteiger charge is -2.29. The van der Waals surface area contributed by atoms with Crippen molar-refractivity contribution in [1.82, 2.24) is 15.3 Å². The van der Waals surface area contributed by atoms with Crippen LogP contribution >= 0.6 is 11.3 Å². The number of benzene rings is 1. The number of rotatable bonds is 8. The standard InChI is InChI=1S/C24H33N7O2S/c1-24(2,3)33-23(32)27-11-5-4-10-26-21-22(30-25)28-18-7-6-17(14-19(18)29-21)31-12-8-20-16(15-31)9-13-34-20/h6-7,9,13-14H,4-5,8,10-12,15,25H2,1-3H3,(H,26,29)(H,27,32)(H,28,30). The molecule has 3 heterocycles. The van der Waals surface area contributed by atoms with Crippen molar-refractivity contribution in [3.8, 4) is 0 Å². The van der Waals surface area contributed by atoms with Crippen LogP contribution in [0.15, 0.2) is 29.6 Å². The lowest BCUT2D eigenvalue weighted by atomic mass is 10.1. The number of amides is 1. The van der Waals surface area contributed by atoms with E-state index in [4.69, 9.17) is 15.6 Å². The molecular weight excluding hydrogens is 450 g/mol. The minimum Gasteiger partial charge on any atom is -0.444 e. The number of anilines is 3. The molecule has 0 saturated heterocycles. The summed E-state index contributed by atoms with van der Waals surface area (Å²) in [4.78, 5) is 25.0. The van der Waals surface area contributed by atoms with Crippen LogP contribution in [0.5, 0.6) is 0 Å². The molecule has 34 heavy (non-hydrogen) atoms. The summed E-state index contributed by atoms with van der Waals surface area (Å²) in [7, 11) is 0. The van der Waals surface area contributed by atoms with Crippen LogP contribution in [0, 0.1) is 0 Å². The zero-order chi connectivity index (χ0) is 24.1. The summed E-state index contributed by atoms with van der Waals surface area (Å²) < 4.78 is 5.24. The molecule has 3 aromatic rings. The van der Waals surface area contributed by atoms with Gasteiger partial charge in [-0.25, -0.2) is 20.6 Å². The third-order valence-corrected chi connectivity index (χ3v) is 6.54. The highest BCUT2D eigenvalue weighted by molar-refractivity contribution is 7.10. The SMILES string of the molecule is CC(C)(C)OC(=O)NCCCCNc1nc2cc(N3CCc4sccc4C3)ccc2nc1NN. The zero-order valence-electron chi connectivity index (χ0n) is 20.0. The molecular formula is C24H33N7O2S. The molecule has 1 amide bonds. The number of nitrogens with one attached hydrogen (secondary N) is 3. The van der Waals surface area contributed by atoms with E-state index in [1.54, 1.807) is 0 Å². The first-order chi connectivity index (χ1) is 16.3. The van der Waals surface area contributed by atoms with Gasteiger partial charge in [-0.1, -0.05) is 0 Å². The van der Waals surface area contributed by atoms with Crippen molar-refractivity contribution in [3.05, 3.63) is 40.1 Å². The number of nitrogens with zero attached hydrogens (tertiary/aromatic N) is 3. The Bertz CT molecular complexity index is 1140. The molecule has 2 aromatic heterocycles. The second-order valence-corrected chi connectivity index (χ2v) is 10.3. The van der Waals surface area contributed by atoms with E-state index in [0.29, 0.717) is 24.7 Å². The zero-order valence-corrected chi connectivity index (χ0v) is 20.8. The molecule has 0 saturated carbocycles. The maximum atomic E-state index is 11.7. The second kappa shape index (κ2) is 10.4. The van der Waals surface area contributed by atoms with Crippen LogP contribution in [0.2, 0.25) is 0 Å². The number of thiophene rings is 1. The molecule has 1 aromatic carbocycles. The monoisotopic (exact) mass is 483 g/mol. The highest BCUT2D eigenvalue weighted by Gasteiger charge is 2.19. The summed E-state index contributed by atoms with van der Waals surface area (Å²) in [6.45, 7) is 8.68. The summed E-state index contributed by atoms with van der Waals surface area (Å²) >= 11 is 1.84. The normalized spacial score (nSPS) is 13.5. The number of fused-ring (bicyclic) bond motifs is 2. The minimum atomic E-state index is -0.493. The number of nitrogens with two attached hydrogens (primary N) is 1. The number of carbonyl (C=O) groups is 1. The van der Waals surface area contributed by atoms with E-state index >= 15 is 0 Å². The van der Waals surface area contributed by atoms with Crippen molar-refractivity contribution in [1.29, 1.82) is 0 Å². The van der Waals surface area contributed by atoms with Gasteiger partial charge in [0, 0.05) is 36.7 Å². The Morgan fingerprint density at radius 1 is 1.15 bits per heavy atom. The molecule has 0 bridgehead atoms. The molecule has 1 aliphatic heterocycles. The van der Waals surface area contributed by atoms with E-state index in [1.165, 1.54) is 10.4 Å². The van der Waals surface area contributed by atoms with E-state index in [0.717, 1.165) is 49.1 Å². The van der Waals surface area contributed by atoms with Crippen molar-refractivity contribution in [2.45, 2.75) is 52.2 Å². The molecule has 0 spiro atoms. The van der Waals surface area contributed by atoms with Crippen LogP contribution in [0.1, 0.15) is 44.1 Å². The first-order valence-corrected chi connectivity index (χ1v) is 12.5. The van der Waals surface area contributed by atoms with E-state index < -0.39 is 11.7 Å². The average molecular weight is 484 g/mol. The van der Waals surface area contributed by atoms with Crippen LogP contribution in [-0.2, 0) is 17.7 Å². The second-order valence-electron chi connectivity index (χ2n) is 9.34. The van der Waals surface area contributed by atoms with Gasteiger partial charge >= 0.3 is 6.09 Å². The van der Waals surface area contributed by atoms with Gasteiger partial charge in [-0.05, 0) is 75.2 Å². The van der Waals surface area contributed by atoms with Crippen LogP contribution < -0.4 is 26.8 Å². The Morgan fingerprint density at radius 3 is 2.74 bits per heavy atom. The van der Waals surface area contributed by atoms with E-state index in [9.17, 15) is 4.79 Å². The summed E-state index contributed by atoms with van der Waals surface area (Å²) in [5, 5.41) is 8.27. The van der Waals surface area contributed by atoms with Gasteiger partial charge in [-0.3, -0.25) is 0 Å². The number of ether oxygens (including phenoxy) is 1. The highest BCUT2D eigenvalue weighted by atomic mass is 32.1. The van der Waals surface area contributed by atoms with Crippen molar-refractivity contribution in [2.75, 3.05) is 35.3 Å². The Balaban J connectivity index is 1.35. The highest BCUT2D eigenvalue weighted by Crippen LogP contribution is 2.30. The number of carbonyl (C=O) groups excluding carboxylic acids is 1. The Kier molecular flexibility index (Phi) is 7.38. The Labute approximate surface area is 204 Å². The Morgan fingerprint density at radius 2 is 1.94 bits per heavy atom. The summed E-state index contributed by atoms with van der Waals surface area (Å²) in [6, 6.07) is 8.40. The third kappa shape index (κ3) is 6.06. The fraction of sp³-hybridized carbons (Fsp3) is 0.458. The lowest BCUT2D eigenvalue weighted by Crippen LogP contribution is -2.33. The van der Waals surface area contributed by atoms with Crippen molar-refractivity contribution in [3.63, 3.8) is 0 Å². The maximum Gasteiger partial charge on any atom is 0.407 e. The number of hydrazine groups is 1. The number of hydrogen-bond donors (Lipinski definition) is 4. The third-order valence-electron chi connectivity index (χ3n) is 5.52.